The van der Waals surface area contributed by atoms with E-state index in [0.717, 1.165) is 38.5 Å². The summed E-state index contributed by atoms with van der Waals surface area (Å²) in [7, 11) is -3.54. The van der Waals surface area contributed by atoms with Crippen LogP contribution < -0.4 is 4.72 Å². The van der Waals surface area contributed by atoms with Crippen LogP contribution in [0.1, 0.15) is 58.3 Å². The quantitative estimate of drug-likeness (QED) is 0.861. The summed E-state index contributed by atoms with van der Waals surface area (Å²) in [4.78, 5) is 0. The smallest absolute Gasteiger partial charge is 0.196 e. The molecule has 0 bridgehead atoms. The third-order valence-electron chi connectivity index (χ3n) is 4.30. The van der Waals surface area contributed by atoms with Crippen molar-refractivity contribution in [2.45, 2.75) is 69.9 Å². The third kappa shape index (κ3) is 3.28. The van der Waals surface area contributed by atoms with Gasteiger partial charge in [-0.15, -0.1) is 0 Å². The maximum absolute atomic E-state index is 12.5. The molecule has 19 heavy (non-hydrogen) atoms. The highest BCUT2D eigenvalue weighted by molar-refractivity contribution is 7.87. The zero-order valence-corrected chi connectivity index (χ0v) is 12.4. The highest BCUT2D eigenvalue weighted by Gasteiger charge is 2.39. The Balaban J connectivity index is 2.13. The van der Waals surface area contributed by atoms with Crippen molar-refractivity contribution in [3.8, 4) is 6.07 Å². The van der Waals surface area contributed by atoms with Gasteiger partial charge in [0.25, 0.3) is 10.2 Å². The molecule has 5 nitrogen and oxygen atoms in total. The monoisotopic (exact) mass is 285 g/mol. The van der Waals surface area contributed by atoms with Gasteiger partial charge in [-0.3, -0.25) is 0 Å². The van der Waals surface area contributed by atoms with Crippen molar-refractivity contribution in [2.24, 2.45) is 0 Å². The Morgan fingerprint density at radius 3 is 2.47 bits per heavy atom. The molecule has 0 amide bonds. The van der Waals surface area contributed by atoms with Crippen LogP contribution in [-0.4, -0.2) is 30.8 Å². The van der Waals surface area contributed by atoms with E-state index < -0.39 is 15.7 Å². The van der Waals surface area contributed by atoms with Gasteiger partial charge in [0.05, 0.1) is 6.07 Å². The molecule has 2 rings (SSSR count). The molecular weight excluding hydrogens is 262 g/mol. The molecule has 0 aromatic carbocycles. The van der Waals surface area contributed by atoms with Crippen molar-refractivity contribution >= 4 is 10.2 Å². The first kappa shape index (κ1) is 14.8. The second-order valence-corrected chi connectivity index (χ2v) is 7.44. The van der Waals surface area contributed by atoms with E-state index in [0.29, 0.717) is 19.4 Å². The lowest BCUT2D eigenvalue weighted by Gasteiger charge is -2.37. The van der Waals surface area contributed by atoms with Gasteiger partial charge in [-0.05, 0) is 32.6 Å². The minimum absolute atomic E-state index is 0.0329. The van der Waals surface area contributed by atoms with Gasteiger partial charge in [0.2, 0.25) is 0 Å². The molecule has 1 unspecified atom stereocenters. The van der Waals surface area contributed by atoms with Gasteiger partial charge in [-0.25, -0.2) is 0 Å². The summed E-state index contributed by atoms with van der Waals surface area (Å²) < 4.78 is 29.2. The van der Waals surface area contributed by atoms with Crippen LogP contribution in [0.4, 0.5) is 0 Å². The first-order valence-corrected chi connectivity index (χ1v) is 8.65. The lowest BCUT2D eigenvalue weighted by atomic mass is 9.84. The molecule has 0 aromatic rings. The van der Waals surface area contributed by atoms with E-state index in [1.165, 1.54) is 4.31 Å². The Morgan fingerprint density at radius 1 is 1.21 bits per heavy atom. The number of nitriles is 1. The summed E-state index contributed by atoms with van der Waals surface area (Å²) in [5.41, 5.74) is -0.881. The zero-order chi connectivity index (χ0) is 13.9. The van der Waals surface area contributed by atoms with Gasteiger partial charge in [0.15, 0.2) is 0 Å². The summed E-state index contributed by atoms with van der Waals surface area (Å²) >= 11 is 0. The summed E-state index contributed by atoms with van der Waals surface area (Å²) in [6, 6.07) is 2.24. The number of piperidine rings is 1. The largest absolute Gasteiger partial charge is 0.281 e. The van der Waals surface area contributed by atoms with E-state index in [4.69, 9.17) is 0 Å². The van der Waals surface area contributed by atoms with Crippen LogP contribution in [0.15, 0.2) is 0 Å². The summed E-state index contributed by atoms with van der Waals surface area (Å²) in [6.07, 6.45) is 7.08. The van der Waals surface area contributed by atoms with Crippen molar-refractivity contribution < 1.29 is 8.42 Å². The van der Waals surface area contributed by atoms with Crippen LogP contribution in [0.2, 0.25) is 0 Å². The van der Waals surface area contributed by atoms with Crippen LogP contribution in [0.3, 0.4) is 0 Å². The van der Waals surface area contributed by atoms with Crippen molar-refractivity contribution in [3.63, 3.8) is 0 Å². The number of hydrogen-bond acceptors (Lipinski definition) is 3. The summed E-state index contributed by atoms with van der Waals surface area (Å²) in [6.45, 7) is 2.51. The molecule has 0 radical (unpaired) electrons. The topological polar surface area (TPSA) is 73.2 Å². The van der Waals surface area contributed by atoms with E-state index in [9.17, 15) is 13.7 Å². The average molecular weight is 285 g/mol. The minimum Gasteiger partial charge on any atom is -0.196 e. The van der Waals surface area contributed by atoms with Crippen molar-refractivity contribution in [3.05, 3.63) is 0 Å². The fourth-order valence-corrected chi connectivity index (χ4v) is 4.94. The van der Waals surface area contributed by atoms with Crippen LogP contribution in [0, 0.1) is 11.3 Å². The Kier molecular flexibility index (Phi) is 4.49. The number of nitrogens with zero attached hydrogens (tertiary/aromatic N) is 2. The minimum atomic E-state index is -3.54. The highest BCUT2D eigenvalue weighted by Crippen LogP contribution is 2.29. The van der Waals surface area contributed by atoms with Gasteiger partial charge < -0.3 is 0 Å². The predicted molar refractivity (Wildman–Crippen MR) is 73.5 cm³/mol. The molecule has 0 spiro atoms. The van der Waals surface area contributed by atoms with Crippen LogP contribution in [-0.2, 0) is 10.2 Å². The molecule has 1 aliphatic carbocycles. The van der Waals surface area contributed by atoms with Gasteiger partial charge in [0, 0.05) is 12.6 Å². The average Bonchev–Trinajstić information content (AvgIpc) is 2.39. The lowest BCUT2D eigenvalue weighted by molar-refractivity contribution is 0.254. The molecule has 1 heterocycles. The Bertz CT molecular complexity index is 449. The fraction of sp³-hybridized carbons (Fsp3) is 0.923. The second-order valence-electron chi connectivity index (χ2n) is 5.82. The van der Waals surface area contributed by atoms with Crippen molar-refractivity contribution in [1.82, 2.24) is 9.03 Å². The van der Waals surface area contributed by atoms with Crippen molar-refractivity contribution in [2.75, 3.05) is 6.54 Å². The molecular formula is C13H23N3O2S. The maximum atomic E-state index is 12.5. The van der Waals surface area contributed by atoms with E-state index in [-0.39, 0.29) is 6.04 Å². The normalized spacial score (nSPS) is 28.7. The second kappa shape index (κ2) is 5.78. The number of rotatable bonds is 3. The number of nitrogens with one attached hydrogen (secondary N) is 1. The molecule has 1 saturated heterocycles. The van der Waals surface area contributed by atoms with Crippen molar-refractivity contribution in [1.29, 1.82) is 5.26 Å². The summed E-state index contributed by atoms with van der Waals surface area (Å²) in [5.74, 6) is 0. The molecule has 1 N–H and O–H groups in total. The molecule has 1 saturated carbocycles. The van der Waals surface area contributed by atoms with E-state index >= 15 is 0 Å². The molecule has 108 valence electrons. The number of hydrogen-bond donors (Lipinski definition) is 1. The first-order chi connectivity index (χ1) is 8.99. The van der Waals surface area contributed by atoms with Gasteiger partial charge in [-0.2, -0.15) is 22.7 Å². The molecule has 1 aliphatic heterocycles. The van der Waals surface area contributed by atoms with Gasteiger partial charge >= 0.3 is 0 Å². The standard InChI is InChI=1S/C13H23N3O2S/c1-12-7-3-6-10-16(12)19(17,18)15-13(11-14)8-4-2-5-9-13/h12,15H,2-10H2,1H3. The fourth-order valence-electron chi connectivity index (χ4n) is 3.13. The SMILES string of the molecule is CC1CCCCN1S(=O)(=O)NC1(C#N)CCCCC1. The molecule has 1 atom stereocenters. The van der Waals surface area contributed by atoms with E-state index in [1.807, 2.05) is 6.92 Å². The third-order valence-corrected chi connectivity index (χ3v) is 6.10. The molecule has 6 heteroatoms. The highest BCUT2D eigenvalue weighted by atomic mass is 32.2. The molecule has 2 fully saturated rings. The Labute approximate surface area is 116 Å². The van der Waals surface area contributed by atoms with E-state index in [2.05, 4.69) is 10.8 Å². The van der Waals surface area contributed by atoms with Crippen LogP contribution in [0.5, 0.6) is 0 Å². The zero-order valence-electron chi connectivity index (χ0n) is 11.6. The molecule has 0 aromatic heterocycles. The predicted octanol–water partition coefficient (Wildman–Crippen LogP) is 1.92. The summed E-state index contributed by atoms with van der Waals surface area (Å²) in [5, 5.41) is 9.37. The van der Waals surface area contributed by atoms with Gasteiger partial charge in [0.1, 0.15) is 5.54 Å². The van der Waals surface area contributed by atoms with Crippen LogP contribution >= 0.6 is 0 Å². The van der Waals surface area contributed by atoms with E-state index in [1.54, 1.807) is 0 Å². The Hall–Kier alpha value is -0.640. The first-order valence-electron chi connectivity index (χ1n) is 7.21. The molecule has 2 aliphatic rings. The Morgan fingerprint density at radius 2 is 1.89 bits per heavy atom. The maximum Gasteiger partial charge on any atom is 0.281 e. The lowest BCUT2D eigenvalue weighted by Crippen LogP contribution is -2.56. The van der Waals surface area contributed by atoms with Gasteiger partial charge in [-0.1, -0.05) is 25.7 Å². The van der Waals surface area contributed by atoms with Crippen LogP contribution in [0.25, 0.3) is 0 Å².